The number of ether oxygens (including phenoxy) is 1. The van der Waals surface area contributed by atoms with Gasteiger partial charge in [-0.2, -0.15) is 0 Å². The molecule has 116 valence electrons. The lowest BCUT2D eigenvalue weighted by atomic mass is 9.97. The maximum Gasteiger partial charge on any atom is 0.195 e. The lowest BCUT2D eigenvalue weighted by molar-refractivity contribution is 0.103. The van der Waals surface area contributed by atoms with Crippen LogP contribution < -0.4 is 15.8 Å². The standard InChI is InChI=1S/C18H22N2O2/c1-11(2)12-5-7-13(8-6-12)18(21)14-9-17(22-4)16(20-3)10-15(14)19/h5-11,20H,19H2,1-4H3. The fourth-order valence-corrected chi connectivity index (χ4v) is 2.33. The second-order valence-electron chi connectivity index (χ2n) is 5.50. The van der Waals surface area contributed by atoms with Crippen LogP contribution in [0.2, 0.25) is 0 Å². The first kappa shape index (κ1) is 15.9. The second kappa shape index (κ2) is 6.52. The summed E-state index contributed by atoms with van der Waals surface area (Å²) in [5, 5.41) is 3.00. The average molecular weight is 298 g/mol. The molecule has 0 unspecified atom stereocenters. The van der Waals surface area contributed by atoms with E-state index >= 15 is 0 Å². The van der Waals surface area contributed by atoms with E-state index in [1.165, 1.54) is 5.56 Å². The van der Waals surface area contributed by atoms with Crippen LogP contribution in [0, 0.1) is 0 Å². The first-order chi connectivity index (χ1) is 10.5. The van der Waals surface area contributed by atoms with E-state index in [-0.39, 0.29) is 5.78 Å². The van der Waals surface area contributed by atoms with Crippen molar-refractivity contribution in [2.45, 2.75) is 19.8 Å². The fourth-order valence-electron chi connectivity index (χ4n) is 2.33. The molecule has 4 heteroatoms. The Kier molecular flexibility index (Phi) is 4.71. The van der Waals surface area contributed by atoms with Crippen molar-refractivity contribution in [1.29, 1.82) is 0 Å². The van der Waals surface area contributed by atoms with Gasteiger partial charge in [0.05, 0.1) is 12.8 Å². The molecule has 0 saturated carbocycles. The average Bonchev–Trinajstić information content (AvgIpc) is 2.53. The Labute approximate surface area is 131 Å². The molecule has 0 radical (unpaired) electrons. The normalized spacial score (nSPS) is 10.6. The predicted octanol–water partition coefficient (Wildman–Crippen LogP) is 3.67. The molecule has 0 spiro atoms. The number of nitrogen functional groups attached to an aromatic ring is 1. The van der Waals surface area contributed by atoms with Crippen LogP contribution in [0.1, 0.15) is 41.3 Å². The number of methoxy groups -OCH3 is 1. The number of carbonyl (C=O) groups is 1. The fraction of sp³-hybridized carbons (Fsp3) is 0.278. The Hall–Kier alpha value is -2.49. The Morgan fingerprint density at radius 1 is 1.18 bits per heavy atom. The molecular formula is C18H22N2O2. The number of rotatable bonds is 5. The van der Waals surface area contributed by atoms with Crippen molar-refractivity contribution in [3.63, 3.8) is 0 Å². The number of hydrogen-bond acceptors (Lipinski definition) is 4. The molecule has 3 N–H and O–H groups in total. The van der Waals surface area contributed by atoms with Gasteiger partial charge in [0.2, 0.25) is 0 Å². The van der Waals surface area contributed by atoms with Crippen LogP contribution in [0.5, 0.6) is 5.75 Å². The second-order valence-corrected chi connectivity index (χ2v) is 5.50. The first-order valence-electron chi connectivity index (χ1n) is 7.27. The summed E-state index contributed by atoms with van der Waals surface area (Å²) < 4.78 is 5.30. The molecule has 0 bridgehead atoms. The maximum atomic E-state index is 12.7. The number of nitrogens with two attached hydrogens (primary N) is 1. The molecule has 0 aliphatic carbocycles. The Bertz CT molecular complexity index is 676. The highest BCUT2D eigenvalue weighted by atomic mass is 16.5. The van der Waals surface area contributed by atoms with Gasteiger partial charge in [-0.15, -0.1) is 0 Å². The van der Waals surface area contributed by atoms with Gasteiger partial charge in [-0.3, -0.25) is 4.79 Å². The number of carbonyl (C=O) groups excluding carboxylic acids is 1. The zero-order chi connectivity index (χ0) is 16.3. The van der Waals surface area contributed by atoms with Crippen LogP contribution in [-0.2, 0) is 0 Å². The van der Waals surface area contributed by atoms with E-state index in [0.29, 0.717) is 28.5 Å². The third-order valence-electron chi connectivity index (χ3n) is 3.73. The van der Waals surface area contributed by atoms with Crippen LogP contribution in [0.25, 0.3) is 0 Å². The maximum absolute atomic E-state index is 12.7. The topological polar surface area (TPSA) is 64.3 Å². The summed E-state index contributed by atoms with van der Waals surface area (Å²) in [6, 6.07) is 11.0. The lowest BCUT2D eigenvalue weighted by Gasteiger charge is -2.13. The van der Waals surface area contributed by atoms with Gasteiger partial charge in [-0.1, -0.05) is 38.1 Å². The molecular weight excluding hydrogens is 276 g/mol. The lowest BCUT2D eigenvalue weighted by Crippen LogP contribution is -2.07. The van der Waals surface area contributed by atoms with Gasteiger partial charge in [0.1, 0.15) is 5.75 Å². The zero-order valence-corrected chi connectivity index (χ0v) is 13.4. The Morgan fingerprint density at radius 3 is 2.32 bits per heavy atom. The molecule has 0 heterocycles. The molecule has 2 rings (SSSR count). The van der Waals surface area contributed by atoms with Crippen LogP contribution in [0.15, 0.2) is 36.4 Å². The summed E-state index contributed by atoms with van der Waals surface area (Å²) in [6.07, 6.45) is 0. The molecule has 0 aromatic heterocycles. The summed E-state index contributed by atoms with van der Waals surface area (Å²) in [4.78, 5) is 12.7. The zero-order valence-electron chi connectivity index (χ0n) is 13.4. The highest BCUT2D eigenvalue weighted by Crippen LogP contribution is 2.31. The number of hydrogen-bond donors (Lipinski definition) is 2. The molecule has 2 aromatic carbocycles. The van der Waals surface area contributed by atoms with Crippen molar-refractivity contribution in [2.75, 3.05) is 25.2 Å². The monoisotopic (exact) mass is 298 g/mol. The van der Waals surface area contributed by atoms with E-state index in [1.807, 2.05) is 24.3 Å². The third kappa shape index (κ3) is 3.06. The van der Waals surface area contributed by atoms with E-state index in [4.69, 9.17) is 10.5 Å². The van der Waals surface area contributed by atoms with Gasteiger partial charge in [0.15, 0.2) is 5.78 Å². The minimum Gasteiger partial charge on any atom is -0.495 e. The third-order valence-corrected chi connectivity index (χ3v) is 3.73. The van der Waals surface area contributed by atoms with Gasteiger partial charge < -0.3 is 15.8 Å². The molecule has 0 atom stereocenters. The van der Waals surface area contributed by atoms with Crippen LogP contribution >= 0.6 is 0 Å². The van der Waals surface area contributed by atoms with Crippen molar-refractivity contribution in [3.05, 3.63) is 53.1 Å². The Balaban J connectivity index is 2.40. The quantitative estimate of drug-likeness (QED) is 0.653. The largest absolute Gasteiger partial charge is 0.495 e. The number of ketones is 1. The summed E-state index contributed by atoms with van der Waals surface area (Å²) in [5.41, 5.74) is 9.48. The van der Waals surface area contributed by atoms with Crippen molar-refractivity contribution in [2.24, 2.45) is 0 Å². The minimum absolute atomic E-state index is 0.103. The van der Waals surface area contributed by atoms with Gasteiger partial charge in [-0.05, 0) is 23.6 Å². The summed E-state index contributed by atoms with van der Waals surface area (Å²) in [6.45, 7) is 4.24. The molecule has 0 aliphatic heterocycles. The minimum atomic E-state index is -0.103. The number of nitrogens with one attached hydrogen (secondary N) is 1. The van der Waals surface area contributed by atoms with E-state index < -0.39 is 0 Å². The molecule has 4 nitrogen and oxygen atoms in total. The molecule has 0 amide bonds. The summed E-state index contributed by atoms with van der Waals surface area (Å²) in [7, 11) is 3.35. The highest BCUT2D eigenvalue weighted by Gasteiger charge is 2.16. The Morgan fingerprint density at radius 2 is 1.82 bits per heavy atom. The predicted molar refractivity (Wildman–Crippen MR) is 90.9 cm³/mol. The van der Waals surface area contributed by atoms with Crippen molar-refractivity contribution >= 4 is 17.2 Å². The smallest absolute Gasteiger partial charge is 0.195 e. The van der Waals surface area contributed by atoms with Crippen LogP contribution in [0.3, 0.4) is 0 Å². The van der Waals surface area contributed by atoms with Crippen molar-refractivity contribution < 1.29 is 9.53 Å². The van der Waals surface area contributed by atoms with Gasteiger partial charge in [0, 0.05) is 23.9 Å². The van der Waals surface area contributed by atoms with Crippen molar-refractivity contribution in [1.82, 2.24) is 0 Å². The molecule has 0 aliphatic rings. The van der Waals surface area contributed by atoms with E-state index in [1.54, 1.807) is 26.3 Å². The van der Waals surface area contributed by atoms with Crippen LogP contribution in [-0.4, -0.2) is 19.9 Å². The first-order valence-corrected chi connectivity index (χ1v) is 7.27. The van der Waals surface area contributed by atoms with E-state index in [9.17, 15) is 4.79 Å². The van der Waals surface area contributed by atoms with Crippen LogP contribution in [0.4, 0.5) is 11.4 Å². The van der Waals surface area contributed by atoms with E-state index in [0.717, 1.165) is 5.69 Å². The number of anilines is 2. The molecule has 22 heavy (non-hydrogen) atoms. The van der Waals surface area contributed by atoms with Gasteiger partial charge in [0.25, 0.3) is 0 Å². The molecule has 0 fully saturated rings. The summed E-state index contributed by atoms with van der Waals surface area (Å²) >= 11 is 0. The van der Waals surface area contributed by atoms with E-state index in [2.05, 4.69) is 19.2 Å². The SMILES string of the molecule is CNc1cc(N)c(C(=O)c2ccc(C(C)C)cc2)cc1OC. The highest BCUT2D eigenvalue weighted by molar-refractivity contribution is 6.12. The number of benzene rings is 2. The van der Waals surface area contributed by atoms with Crippen molar-refractivity contribution in [3.8, 4) is 5.75 Å². The van der Waals surface area contributed by atoms with Gasteiger partial charge >= 0.3 is 0 Å². The molecule has 2 aromatic rings. The summed E-state index contributed by atoms with van der Waals surface area (Å²) in [5.74, 6) is 0.928. The molecule has 0 saturated heterocycles. The van der Waals surface area contributed by atoms with Gasteiger partial charge in [-0.25, -0.2) is 0 Å².